The van der Waals surface area contributed by atoms with E-state index in [1.807, 2.05) is 20.8 Å². The van der Waals surface area contributed by atoms with E-state index in [1.165, 1.54) is 12.1 Å². The Morgan fingerprint density at radius 1 is 1.32 bits per heavy atom. The molecule has 1 aromatic rings. The summed E-state index contributed by atoms with van der Waals surface area (Å²) in [7, 11) is 0. The summed E-state index contributed by atoms with van der Waals surface area (Å²) >= 11 is 0.921. The average Bonchev–Trinajstić information content (AvgIpc) is 2.72. The van der Waals surface area contributed by atoms with Gasteiger partial charge in [-0.15, -0.1) is 11.3 Å². The molecule has 0 radical (unpaired) electrons. The van der Waals surface area contributed by atoms with E-state index in [1.54, 1.807) is 0 Å². The van der Waals surface area contributed by atoms with Crippen molar-refractivity contribution in [2.24, 2.45) is 5.41 Å². The molecule has 1 amide bonds. The number of aromatic carboxylic acids is 1. The normalized spacial score (nSPS) is 13.1. The highest BCUT2D eigenvalue weighted by Gasteiger charge is 2.18. The Labute approximate surface area is 116 Å². The van der Waals surface area contributed by atoms with Crippen molar-refractivity contribution in [3.8, 4) is 0 Å². The standard InChI is InChI=1S/C13H19NO4S/c1-13(2,3)6-8(15)7-14-11(16)9-4-5-10(19-9)12(17)18/h4-5,8,15H,6-7H2,1-3H3,(H,14,16)(H,17,18). The van der Waals surface area contributed by atoms with Gasteiger partial charge in [0.1, 0.15) is 4.88 Å². The molecule has 3 N–H and O–H groups in total. The highest BCUT2D eigenvalue weighted by atomic mass is 32.1. The van der Waals surface area contributed by atoms with Gasteiger partial charge in [-0.25, -0.2) is 4.79 Å². The number of carboxylic acid groups (broad SMARTS) is 1. The predicted octanol–water partition coefficient (Wildman–Crippen LogP) is 1.97. The van der Waals surface area contributed by atoms with Crippen LogP contribution in [-0.2, 0) is 0 Å². The van der Waals surface area contributed by atoms with Crippen LogP contribution in [0.2, 0.25) is 0 Å². The Hall–Kier alpha value is -1.40. The second-order valence-corrected chi connectivity index (χ2v) is 6.68. The first-order valence-corrected chi connectivity index (χ1v) is 6.80. The molecule has 0 fully saturated rings. The lowest BCUT2D eigenvalue weighted by Crippen LogP contribution is -2.33. The van der Waals surface area contributed by atoms with Crippen molar-refractivity contribution in [1.82, 2.24) is 5.32 Å². The van der Waals surface area contributed by atoms with Crippen LogP contribution in [0.4, 0.5) is 0 Å². The molecule has 0 saturated heterocycles. The van der Waals surface area contributed by atoms with Gasteiger partial charge >= 0.3 is 5.97 Å². The number of carbonyl (C=O) groups excluding carboxylic acids is 1. The molecule has 0 aliphatic rings. The Bertz CT molecular complexity index is 461. The van der Waals surface area contributed by atoms with Gasteiger partial charge in [0, 0.05) is 6.54 Å². The average molecular weight is 285 g/mol. The van der Waals surface area contributed by atoms with Crippen LogP contribution in [-0.4, -0.2) is 34.7 Å². The summed E-state index contributed by atoms with van der Waals surface area (Å²) in [4.78, 5) is 22.9. The van der Waals surface area contributed by atoms with E-state index in [0.29, 0.717) is 11.3 Å². The van der Waals surface area contributed by atoms with Crippen molar-refractivity contribution in [1.29, 1.82) is 0 Å². The van der Waals surface area contributed by atoms with Gasteiger partial charge in [-0.2, -0.15) is 0 Å². The maximum absolute atomic E-state index is 11.7. The molecule has 1 atom stereocenters. The first-order valence-electron chi connectivity index (χ1n) is 5.98. The van der Waals surface area contributed by atoms with Gasteiger partial charge in [-0.05, 0) is 24.0 Å². The molecule has 0 spiro atoms. The Kier molecular flexibility index (Phi) is 5.08. The lowest BCUT2D eigenvalue weighted by atomic mass is 9.89. The zero-order valence-corrected chi connectivity index (χ0v) is 12.1. The topological polar surface area (TPSA) is 86.6 Å². The summed E-state index contributed by atoms with van der Waals surface area (Å²) in [5.74, 6) is -1.40. The van der Waals surface area contributed by atoms with E-state index in [0.717, 1.165) is 11.3 Å². The van der Waals surface area contributed by atoms with Crippen LogP contribution in [0.25, 0.3) is 0 Å². The van der Waals surface area contributed by atoms with Crippen LogP contribution in [0.5, 0.6) is 0 Å². The summed E-state index contributed by atoms with van der Waals surface area (Å²) in [5, 5.41) is 21.1. The number of nitrogens with one attached hydrogen (secondary N) is 1. The Morgan fingerprint density at radius 3 is 2.37 bits per heavy atom. The van der Waals surface area contributed by atoms with E-state index in [-0.39, 0.29) is 22.7 Å². The minimum Gasteiger partial charge on any atom is -0.477 e. The molecule has 1 aromatic heterocycles. The number of carboxylic acids is 1. The third-order valence-corrected chi connectivity index (χ3v) is 3.46. The summed E-state index contributed by atoms with van der Waals surface area (Å²) in [6.07, 6.45) is -0.0270. The van der Waals surface area contributed by atoms with E-state index in [9.17, 15) is 14.7 Å². The number of aliphatic hydroxyl groups is 1. The highest BCUT2D eigenvalue weighted by molar-refractivity contribution is 7.15. The number of hydrogen-bond acceptors (Lipinski definition) is 4. The first kappa shape index (κ1) is 15.7. The molecule has 0 aromatic carbocycles. The third-order valence-electron chi connectivity index (χ3n) is 2.39. The molecular weight excluding hydrogens is 266 g/mol. The molecule has 5 nitrogen and oxygen atoms in total. The molecular formula is C13H19NO4S. The van der Waals surface area contributed by atoms with Gasteiger partial charge in [0.2, 0.25) is 0 Å². The van der Waals surface area contributed by atoms with Crippen LogP contribution >= 0.6 is 11.3 Å². The fraction of sp³-hybridized carbons (Fsp3) is 0.538. The van der Waals surface area contributed by atoms with Crippen molar-refractivity contribution >= 4 is 23.2 Å². The van der Waals surface area contributed by atoms with Crippen LogP contribution in [0.1, 0.15) is 46.5 Å². The van der Waals surface area contributed by atoms with Gasteiger partial charge < -0.3 is 15.5 Å². The zero-order valence-electron chi connectivity index (χ0n) is 11.3. The molecule has 0 aliphatic carbocycles. The summed E-state index contributed by atoms with van der Waals surface area (Å²) in [5.41, 5.74) is -0.0104. The molecule has 1 heterocycles. The number of amides is 1. The van der Waals surface area contributed by atoms with Crippen LogP contribution < -0.4 is 5.32 Å². The Balaban J connectivity index is 2.49. The molecule has 19 heavy (non-hydrogen) atoms. The second kappa shape index (κ2) is 6.16. The first-order chi connectivity index (χ1) is 8.69. The van der Waals surface area contributed by atoms with Gasteiger partial charge in [0.15, 0.2) is 0 Å². The van der Waals surface area contributed by atoms with Crippen molar-refractivity contribution in [2.45, 2.75) is 33.3 Å². The minimum absolute atomic E-state index is 0.0104. The van der Waals surface area contributed by atoms with E-state index < -0.39 is 12.1 Å². The number of carbonyl (C=O) groups is 2. The number of thiophene rings is 1. The lowest BCUT2D eigenvalue weighted by Gasteiger charge is -2.22. The Morgan fingerprint density at radius 2 is 1.89 bits per heavy atom. The fourth-order valence-electron chi connectivity index (χ4n) is 1.65. The molecule has 6 heteroatoms. The fourth-order valence-corrected chi connectivity index (χ4v) is 2.41. The molecule has 1 unspecified atom stereocenters. The summed E-state index contributed by atoms with van der Waals surface area (Å²) in [6, 6.07) is 2.87. The smallest absolute Gasteiger partial charge is 0.345 e. The van der Waals surface area contributed by atoms with Gasteiger partial charge in [-0.1, -0.05) is 20.8 Å². The van der Waals surface area contributed by atoms with Gasteiger partial charge in [-0.3, -0.25) is 4.79 Å². The summed E-state index contributed by atoms with van der Waals surface area (Å²) in [6.45, 7) is 6.19. The molecule has 106 valence electrons. The molecule has 0 saturated carbocycles. The van der Waals surface area contributed by atoms with Crippen molar-refractivity contribution < 1.29 is 19.8 Å². The molecule has 0 bridgehead atoms. The van der Waals surface area contributed by atoms with Crippen LogP contribution in [0, 0.1) is 5.41 Å². The number of aliphatic hydroxyl groups excluding tert-OH is 1. The van der Waals surface area contributed by atoms with Gasteiger partial charge in [0.05, 0.1) is 11.0 Å². The largest absolute Gasteiger partial charge is 0.477 e. The predicted molar refractivity (Wildman–Crippen MR) is 73.7 cm³/mol. The monoisotopic (exact) mass is 285 g/mol. The lowest BCUT2D eigenvalue weighted by molar-refractivity contribution is 0.0702. The van der Waals surface area contributed by atoms with E-state index in [2.05, 4.69) is 5.32 Å². The second-order valence-electron chi connectivity index (χ2n) is 5.60. The maximum atomic E-state index is 11.7. The molecule has 1 rings (SSSR count). The quantitative estimate of drug-likeness (QED) is 0.772. The third kappa shape index (κ3) is 5.40. The van der Waals surface area contributed by atoms with Crippen molar-refractivity contribution in [3.63, 3.8) is 0 Å². The SMILES string of the molecule is CC(C)(C)CC(O)CNC(=O)c1ccc(C(=O)O)s1. The van der Waals surface area contributed by atoms with E-state index in [4.69, 9.17) is 5.11 Å². The number of hydrogen-bond donors (Lipinski definition) is 3. The van der Waals surface area contributed by atoms with Crippen LogP contribution in [0.3, 0.4) is 0 Å². The zero-order chi connectivity index (χ0) is 14.6. The van der Waals surface area contributed by atoms with Crippen molar-refractivity contribution in [3.05, 3.63) is 21.9 Å². The van der Waals surface area contributed by atoms with Crippen molar-refractivity contribution in [2.75, 3.05) is 6.54 Å². The minimum atomic E-state index is -1.04. The van der Waals surface area contributed by atoms with Gasteiger partial charge in [0.25, 0.3) is 5.91 Å². The van der Waals surface area contributed by atoms with Crippen LogP contribution in [0.15, 0.2) is 12.1 Å². The molecule has 0 aliphatic heterocycles. The number of rotatable bonds is 5. The highest BCUT2D eigenvalue weighted by Crippen LogP contribution is 2.20. The summed E-state index contributed by atoms with van der Waals surface area (Å²) < 4.78 is 0. The van der Waals surface area contributed by atoms with E-state index >= 15 is 0 Å². The maximum Gasteiger partial charge on any atom is 0.345 e.